The average molecular weight is 226 g/mol. The van der Waals surface area contributed by atoms with Gasteiger partial charge in [-0.25, -0.2) is 4.79 Å². The van der Waals surface area contributed by atoms with E-state index in [-0.39, 0.29) is 0 Å². The third-order valence-corrected chi connectivity index (χ3v) is 2.76. The van der Waals surface area contributed by atoms with Gasteiger partial charge < -0.3 is 15.9 Å². The third kappa shape index (κ3) is 1.42. The molecule has 0 fully saturated rings. The summed E-state index contributed by atoms with van der Waals surface area (Å²) in [7, 11) is 0. The van der Waals surface area contributed by atoms with Crippen LogP contribution in [-0.4, -0.2) is 0 Å². The van der Waals surface area contributed by atoms with Crippen LogP contribution in [0.25, 0.3) is 21.7 Å². The van der Waals surface area contributed by atoms with Gasteiger partial charge in [-0.2, -0.15) is 0 Å². The Bertz CT molecular complexity index is 790. The van der Waals surface area contributed by atoms with Gasteiger partial charge in [-0.15, -0.1) is 0 Å². The van der Waals surface area contributed by atoms with E-state index in [1.54, 1.807) is 24.3 Å². The predicted molar refractivity (Wildman–Crippen MR) is 68.8 cm³/mol. The highest BCUT2D eigenvalue weighted by atomic mass is 16.4. The van der Waals surface area contributed by atoms with Gasteiger partial charge in [-0.3, -0.25) is 0 Å². The van der Waals surface area contributed by atoms with Gasteiger partial charge in [0.2, 0.25) is 0 Å². The van der Waals surface area contributed by atoms with Crippen molar-refractivity contribution < 1.29 is 4.42 Å². The molecule has 0 unspecified atom stereocenters. The quantitative estimate of drug-likeness (QED) is 0.349. The van der Waals surface area contributed by atoms with Crippen molar-refractivity contribution in [3.05, 3.63) is 46.8 Å². The summed E-state index contributed by atoms with van der Waals surface area (Å²) in [5, 5.41) is 2.17. The fraction of sp³-hybridized carbons (Fsp3) is 0. The predicted octanol–water partition coefficient (Wildman–Crippen LogP) is 2.11. The van der Waals surface area contributed by atoms with Crippen molar-refractivity contribution in [2.24, 2.45) is 0 Å². The van der Waals surface area contributed by atoms with Gasteiger partial charge in [-0.05, 0) is 24.3 Å². The molecule has 3 rings (SSSR count). The third-order valence-electron chi connectivity index (χ3n) is 2.76. The summed E-state index contributed by atoms with van der Waals surface area (Å²) in [6, 6.07) is 10.5. The molecule has 0 saturated carbocycles. The maximum atomic E-state index is 11.8. The first-order valence-corrected chi connectivity index (χ1v) is 5.17. The zero-order valence-corrected chi connectivity index (χ0v) is 8.94. The lowest BCUT2D eigenvalue weighted by Gasteiger charge is -2.03. The molecule has 0 radical (unpaired) electrons. The van der Waals surface area contributed by atoms with Gasteiger partial charge in [0, 0.05) is 28.2 Å². The van der Waals surface area contributed by atoms with Crippen LogP contribution in [0.3, 0.4) is 0 Å². The van der Waals surface area contributed by atoms with Crippen molar-refractivity contribution in [1.82, 2.24) is 0 Å². The second-order valence-corrected chi connectivity index (χ2v) is 3.95. The Hall–Kier alpha value is -2.49. The molecule has 0 saturated heterocycles. The molecular weight excluding hydrogens is 216 g/mol. The summed E-state index contributed by atoms with van der Waals surface area (Å²) in [6.07, 6.45) is 0. The minimum absolute atomic E-state index is 0.398. The number of nitrogens with two attached hydrogens (primary N) is 2. The molecule has 4 heteroatoms. The van der Waals surface area contributed by atoms with Crippen molar-refractivity contribution in [3.8, 4) is 0 Å². The van der Waals surface area contributed by atoms with Crippen LogP contribution >= 0.6 is 0 Å². The Morgan fingerprint density at radius 3 is 2.24 bits per heavy atom. The van der Waals surface area contributed by atoms with E-state index >= 15 is 0 Å². The Kier molecular flexibility index (Phi) is 1.86. The molecule has 0 aliphatic rings. The number of rotatable bonds is 0. The maximum Gasteiger partial charge on any atom is 0.344 e. The zero-order valence-electron chi connectivity index (χ0n) is 8.94. The summed E-state index contributed by atoms with van der Waals surface area (Å²) in [5.41, 5.74) is 12.5. The minimum atomic E-state index is -0.398. The van der Waals surface area contributed by atoms with Crippen molar-refractivity contribution in [2.45, 2.75) is 0 Å². The number of hydrogen-bond donors (Lipinski definition) is 2. The van der Waals surface area contributed by atoms with E-state index in [9.17, 15) is 4.79 Å². The Balaban J connectivity index is 2.60. The van der Waals surface area contributed by atoms with Gasteiger partial charge in [0.05, 0.1) is 5.39 Å². The van der Waals surface area contributed by atoms with Crippen molar-refractivity contribution >= 4 is 33.1 Å². The molecule has 1 aromatic heterocycles. The van der Waals surface area contributed by atoms with Crippen molar-refractivity contribution in [3.63, 3.8) is 0 Å². The number of nitrogen functional groups attached to an aromatic ring is 2. The summed E-state index contributed by atoms with van der Waals surface area (Å²) in [6.45, 7) is 0. The van der Waals surface area contributed by atoms with E-state index in [1.165, 1.54) is 0 Å². The highest BCUT2D eigenvalue weighted by Gasteiger charge is 2.07. The van der Waals surface area contributed by atoms with Crippen LogP contribution in [0.15, 0.2) is 45.6 Å². The van der Waals surface area contributed by atoms with Gasteiger partial charge >= 0.3 is 5.63 Å². The van der Waals surface area contributed by atoms with Gasteiger partial charge in [-0.1, -0.05) is 6.07 Å². The fourth-order valence-corrected chi connectivity index (χ4v) is 1.97. The van der Waals surface area contributed by atoms with Crippen LogP contribution in [0.4, 0.5) is 11.4 Å². The van der Waals surface area contributed by atoms with Crippen LogP contribution in [0.5, 0.6) is 0 Å². The molecule has 1 heterocycles. The molecule has 84 valence electrons. The zero-order chi connectivity index (χ0) is 12.0. The van der Waals surface area contributed by atoms with E-state index in [0.717, 1.165) is 10.8 Å². The normalized spacial score (nSPS) is 11.1. The lowest BCUT2D eigenvalue weighted by atomic mass is 10.1. The number of anilines is 2. The Morgan fingerprint density at radius 2 is 1.47 bits per heavy atom. The minimum Gasteiger partial charge on any atom is -0.422 e. The highest BCUT2D eigenvalue weighted by Crippen LogP contribution is 2.25. The van der Waals surface area contributed by atoms with Crippen molar-refractivity contribution in [2.75, 3.05) is 11.5 Å². The number of benzene rings is 2. The van der Waals surface area contributed by atoms with Crippen LogP contribution in [-0.2, 0) is 0 Å². The smallest absolute Gasteiger partial charge is 0.344 e. The van der Waals surface area contributed by atoms with Gasteiger partial charge in [0.1, 0.15) is 5.58 Å². The summed E-state index contributed by atoms with van der Waals surface area (Å²) in [5.74, 6) is 0. The molecule has 0 spiro atoms. The Morgan fingerprint density at radius 1 is 0.824 bits per heavy atom. The first kappa shape index (κ1) is 9.72. The molecule has 0 aliphatic heterocycles. The monoisotopic (exact) mass is 226 g/mol. The van der Waals surface area contributed by atoms with Gasteiger partial charge in [0.15, 0.2) is 0 Å². The lowest BCUT2D eigenvalue weighted by molar-refractivity contribution is 0.570. The molecular formula is C13H10N2O2. The van der Waals surface area contributed by atoms with Gasteiger partial charge in [0.25, 0.3) is 0 Å². The molecule has 0 amide bonds. The topological polar surface area (TPSA) is 82.2 Å². The largest absolute Gasteiger partial charge is 0.422 e. The summed E-state index contributed by atoms with van der Waals surface area (Å²) >= 11 is 0. The number of fused-ring (bicyclic) bond motifs is 3. The van der Waals surface area contributed by atoms with Crippen LogP contribution in [0, 0.1) is 0 Å². The standard InChI is InChI=1S/C13H10N2O2/c14-7-1-3-9-10-4-2-8(15)6-12(10)17-13(16)11(9)5-7/h1-6H,14-15H2. The molecule has 0 aliphatic carbocycles. The van der Waals surface area contributed by atoms with E-state index in [0.29, 0.717) is 22.3 Å². The van der Waals surface area contributed by atoms with Crippen LogP contribution in [0.1, 0.15) is 0 Å². The highest BCUT2D eigenvalue weighted by molar-refractivity contribution is 6.05. The van der Waals surface area contributed by atoms with Crippen LogP contribution in [0.2, 0.25) is 0 Å². The first-order valence-electron chi connectivity index (χ1n) is 5.17. The van der Waals surface area contributed by atoms with Crippen molar-refractivity contribution in [1.29, 1.82) is 0 Å². The average Bonchev–Trinajstić information content (AvgIpc) is 2.29. The molecule has 4 nitrogen and oxygen atoms in total. The molecule has 0 atom stereocenters. The van der Waals surface area contributed by atoms with E-state index in [2.05, 4.69) is 0 Å². The molecule has 4 N–H and O–H groups in total. The van der Waals surface area contributed by atoms with E-state index < -0.39 is 5.63 Å². The maximum absolute atomic E-state index is 11.8. The first-order chi connectivity index (χ1) is 8.15. The lowest BCUT2D eigenvalue weighted by Crippen LogP contribution is -2.01. The molecule has 0 bridgehead atoms. The molecule has 2 aromatic carbocycles. The second kappa shape index (κ2) is 3.25. The summed E-state index contributed by atoms with van der Waals surface area (Å²) < 4.78 is 5.22. The second-order valence-electron chi connectivity index (χ2n) is 3.95. The molecule has 3 aromatic rings. The van der Waals surface area contributed by atoms with E-state index in [1.807, 2.05) is 12.1 Å². The van der Waals surface area contributed by atoms with Crippen LogP contribution < -0.4 is 17.1 Å². The Labute approximate surface area is 96.4 Å². The summed E-state index contributed by atoms with van der Waals surface area (Å²) in [4.78, 5) is 11.8. The van der Waals surface area contributed by atoms with E-state index in [4.69, 9.17) is 15.9 Å². The fourth-order valence-electron chi connectivity index (χ4n) is 1.97. The SMILES string of the molecule is Nc1ccc2c(c1)oc(=O)c1cc(N)ccc12. The molecule has 17 heavy (non-hydrogen) atoms. The number of hydrogen-bond acceptors (Lipinski definition) is 4.